The number of ether oxygens (including phenoxy) is 2. The molecule has 1 aromatic carbocycles. The molecule has 2 saturated carbocycles. The third kappa shape index (κ3) is 4.15. The zero-order valence-corrected chi connectivity index (χ0v) is 23.9. The number of rotatable bonds is 4. The van der Waals surface area contributed by atoms with Gasteiger partial charge < -0.3 is 40.1 Å². The highest BCUT2D eigenvalue weighted by Crippen LogP contribution is 2.63. The van der Waals surface area contributed by atoms with Crippen LogP contribution < -0.4 is 0 Å². The quantitative estimate of drug-likeness (QED) is 0.231. The van der Waals surface area contributed by atoms with Gasteiger partial charge in [0.15, 0.2) is 0 Å². The van der Waals surface area contributed by atoms with Crippen molar-refractivity contribution in [2.75, 3.05) is 0 Å². The molecule has 2 bridgehead atoms. The van der Waals surface area contributed by atoms with Crippen LogP contribution in [-0.2, 0) is 14.3 Å². The number of fused-ring (bicyclic) bond motifs is 3. The van der Waals surface area contributed by atoms with Gasteiger partial charge in [-0.2, -0.15) is 0 Å². The summed E-state index contributed by atoms with van der Waals surface area (Å²) in [6.07, 6.45) is -9.95. The SMILES string of the molecule is CC[C@@]1(OC(C)=O)C2C(OC(=O)c3ccccc3)[C@]3(O)C[C@H](O)C(C)=C([C@@H](O)[C@@H](O)[C@]2(C)[C@@H](O)C[C@H]1O)C3(C)C. The lowest BCUT2D eigenvalue weighted by Crippen LogP contribution is -2.78. The van der Waals surface area contributed by atoms with Gasteiger partial charge >= 0.3 is 11.9 Å². The Bertz CT molecular complexity index is 1180. The average Bonchev–Trinajstić information content (AvgIpc) is 2.89. The molecular weight excluding hydrogens is 520 g/mol. The Balaban J connectivity index is 2.10. The minimum Gasteiger partial charge on any atom is -0.456 e. The summed E-state index contributed by atoms with van der Waals surface area (Å²) in [4.78, 5) is 26.2. The molecule has 40 heavy (non-hydrogen) atoms. The van der Waals surface area contributed by atoms with E-state index in [1.165, 1.54) is 19.1 Å². The topological polar surface area (TPSA) is 174 Å². The van der Waals surface area contributed by atoms with E-state index in [1.54, 1.807) is 45.9 Å². The molecular formula is C30H42O10. The Kier molecular flexibility index (Phi) is 7.79. The first-order chi connectivity index (χ1) is 18.5. The van der Waals surface area contributed by atoms with Gasteiger partial charge in [0, 0.05) is 30.6 Å². The summed E-state index contributed by atoms with van der Waals surface area (Å²) in [5, 5.41) is 70.3. The zero-order chi connectivity index (χ0) is 30.0. The number of aliphatic hydroxyl groups excluding tert-OH is 5. The van der Waals surface area contributed by atoms with Crippen LogP contribution in [-0.4, -0.2) is 90.4 Å². The number of carbonyl (C=O) groups excluding carboxylic acids is 2. The fourth-order valence-electron chi connectivity index (χ4n) is 7.88. The maximum absolute atomic E-state index is 13.6. The molecule has 4 rings (SSSR count). The van der Waals surface area contributed by atoms with Crippen molar-refractivity contribution in [3.05, 3.63) is 47.0 Å². The van der Waals surface area contributed by atoms with E-state index in [0.29, 0.717) is 5.57 Å². The van der Waals surface area contributed by atoms with E-state index < -0.39 is 76.5 Å². The lowest BCUT2D eigenvalue weighted by molar-refractivity contribution is -0.311. The van der Waals surface area contributed by atoms with Crippen molar-refractivity contribution in [2.24, 2.45) is 16.7 Å². The summed E-state index contributed by atoms with van der Waals surface area (Å²) in [5.74, 6) is -3.03. The monoisotopic (exact) mass is 562 g/mol. The lowest BCUT2D eigenvalue weighted by Gasteiger charge is -2.66. The summed E-state index contributed by atoms with van der Waals surface area (Å²) >= 11 is 0. The molecule has 2 fully saturated rings. The average molecular weight is 563 g/mol. The summed E-state index contributed by atoms with van der Waals surface area (Å²) in [6.45, 7) is 9.11. The minimum atomic E-state index is -2.11. The highest BCUT2D eigenvalue weighted by atomic mass is 16.6. The largest absolute Gasteiger partial charge is 0.456 e. The Labute approximate surface area is 234 Å². The Hall–Kier alpha value is -2.34. The molecule has 10 nitrogen and oxygen atoms in total. The normalized spacial score (nSPS) is 42.8. The molecule has 0 aromatic heterocycles. The molecule has 1 aromatic rings. The van der Waals surface area contributed by atoms with Crippen molar-refractivity contribution in [3.63, 3.8) is 0 Å². The molecule has 0 heterocycles. The highest BCUT2D eigenvalue weighted by Gasteiger charge is 2.74. The number of carbonyl (C=O) groups is 2. The predicted octanol–water partition coefficient (Wildman–Crippen LogP) is 1.25. The van der Waals surface area contributed by atoms with Gasteiger partial charge in [0.25, 0.3) is 0 Å². The third-order valence-corrected chi connectivity index (χ3v) is 10.2. The Morgan fingerprint density at radius 3 is 2.15 bits per heavy atom. The first kappa shape index (κ1) is 30.6. The Morgan fingerprint density at radius 1 is 1.00 bits per heavy atom. The van der Waals surface area contributed by atoms with Crippen molar-refractivity contribution in [1.82, 2.24) is 0 Å². The molecule has 10 atom stereocenters. The van der Waals surface area contributed by atoms with Gasteiger partial charge in [0.1, 0.15) is 23.4 Å². The van der Waals surface area contributed by atoms with Crippen LogP contribution in [0.15, 0.2) is 41.5 Å². The maximum atomic E-state index is 13.6. The van der Waals surface area contributed by atoms with Gasteiger partial charge in [-0.15, -0.1) is 0 Å². The fourth-order valence-corrected chi connectivity index (χ4v) is 7.88. The van der Waals surface area contributed by atoms with Gasteiger partial charge in [-0.3, -0.25) is 4.79 Å². The molecule has 0 radical (unpaired) electrons. The summed E-state index contributed by atoms with van der Waals surface area (Å²) in [5.41, 5.74) is -6.48. The van der Waals surface area contributed by atoms with Gasteiger partial charge in [0.2, 0.25) is 0 Å². The molecule has 0 amide bonds. The fraction of sp³-hybridized carbons (Fsp3) is 0.667. The molecule has 0 spiro atoms. The number of hydrogen-bond donors (Lipinski definition) is 6. The van der Waals surface area contributed by atoms with E-state index in [9.17, 15) is 40.2 Å². The number of aliphatic hydroxyl groups is 6. The summed E-state index contributed by atoms with van der Waals surface area (Å²) < 4.78 is 12.0. The molecule has 3 aliphatic rings. The molecule has 3 aliphatic carbocycles. The molecule has 0 aliphatic heterocycles. The molecule has 0 saturated heterocycles. The zero-order valence-electron chi connectivity index (χ0n) is 23.9. The van der Waals surface area contributed by atoms with Crippen LogP contribution in [0.3, 0.4) is 0 Å². The van der Waals surface area contributed by atoms with Crippen molar-refractivity contribution >= 4 is 11.9 Å². The van der Waals surface area contributed by atoms with Gasteiger partial charge in [-0.1, -0.05) is 45.9 Å². The number of benzene rings is 1. The minimum absolute atomic E-state index is 0.0380. The van der Waals surface area contributed by atoms with Crippen molar-refractivity contribution in [2.45, 2.75) is 109 Å². The van der Waals surface area contributed by atoms with Crippen LogP contribution in [0.1, 0.15) is 71.2 Å². The van der Waals surface area contributed by atoms with Gasteiger partial charge in [-0.05, 0) is 36.6 Å². The number of esters is 2. The smallest absolute Gasteiger partial charge is 0.338 e. The predicted molar refractivity (Wildman–Crippen MR) is 143 cm³/mol. The standard InChI is InChI=1S/C30H42O10/c1-7-29(40-16(3)31)20(34)13-19(33)28(6)23(29)25(39-26(37)17-11-9-8-10-12-17)30(38)14-18(32)15(2)21(27(30,4)5)22(35)24(28)36/h8-12,18-20,22-25,32-36,38H,7,13-14H2,1-6H3/t18-,19-,20+,22+,23?,24+,25?,28+,29-,30+/m0/s1. The highest BCUT2D eigenvalue weighted by molar-refractivity contribution is 5.89. The first-order valence-corrected chi connectivity index (χ1v) is 13.8. The van der Waals surface area contributed by atoms with E-state index in [1.807, 2.05) is 0 Å². The summed E-state index contributed by atoms with van der Waals surface area (Å²) in [6, 6.07) is 8.03. The van der Waals surface area contributed by atoms with Crippen LogP contribution in [0.5, 0.6) is 0 Å². The van der Waals surface area contributed by atoms with Gasteiger partial charge in [-0.25, -0.2) is 4.79 Å². The lowest BCUT2D eigenvalue weighted by atomic mass is 9.44. The molecule has 222 valence electrons. The summed E-state index contributed by atoms with van der Waals surface area (Å²) in [7, 11) is 0. The second kappa shape index (κ2) is 10.2. The first-order valence-electron chi connectivity index (χ1n) is 13.8. The van der Waals surface area contributed by atoms with Crippen LogP contribution in [0.25, 0.3) is 0 Å². The van der Waals surface area contributed by atoms with E-state index >= 15 is 0 Å². The van der Waals surface area contributed by atoms with Crippen LogP contribution >= 0.6 is 0 Å². The van der Waals surface area contributed by atoms with E-state index in [2.05, 4.69) is 0 Å². The Morgan fingerprint density at radius 2 is 1.60 bits per heavy atom. The number of hydrogen-bond acceptors (Lipinski definition) is 10. The van der Waals surface area contributed by atoms with Gasteiger partial charge in [0.05, 0.1) is 35.9 Å². The second-order valence-corrected chi connectivity index (χ2v) is 12.5. The van der Waals surface area contributed by atoms with E-state index in [-0.39, 0.29) is 30.4 Å². The molecule has 10 heteroatoms. The van der Waals surface area contributed by atoms with Crippen molar-refractivity contribution in [3.8, 4) is 0 Å². The third-order valence-electron chi connectivity index (χ3n) is 10.2. The van der Waals surface area contributed by atoms with Crippen LogP contribution in [0, 0.1) is 16.7 Å². The van der Waals surface area contributed by atoms with Crippen LogP contribution in [0.4, 0.5) is 0 Å². The van der Waals surface area contributed by atoms with Crippen LogP contribution in [0.2, 0.25) is 0 Å². The maximum Gasteiger partial charge on any atom is 0.338 e. The van der Waals surface area contributed by atoms with E-state index in [4.69, 9.17) is 9.47 Å². The van der Waals surface area contributed by atoms with Crippen molar-refractivity contribution in [1.29, 1.82) is 0 Å². The molecule has 2 unspecified atom stereocenters. The van der Waals surface area contributed by atoms with Crippen molar-refractivity contribution < 1.29 is 49.7 Å². The molecule has 6 N–H and O–H groups in total. The van der Waals surface area contributed by atoms with E-state index in [0.717, 1.165) is 6.92 Å². The second-order valence-electron chi connectivity index (χ2n) is 12.5.